The summed E-state index contributed by atoms with van der Waals surface area (Å²) in [5.74, 6) is 1.89. The van der Waals surface area contributed by atoms with Crippen molar-refractivity contribution >= 4 is 0 Å². The summed E-state index contributed by atoms with van der Waals surface area (Å²) in [6.07, 6.45) is 8.51. The zero-order valence-corrected chi connectivity index (χ0v) is 12.9. The van der Waals surface area contributed by atoms with E-state index in [0.717, 1.165) is 18.4 Å². The van der Waals surface area contributed by atoms with Gasteiger partial charge in [0.25, 0.3) is 0 Å². The molecular formula is C19H27N. The summed E-state index contributed by atoms with van der Waals surface area (Å²) < 4.78 is 0. The van der Waals surface area contributed by atoms with Gasteiger partial charge in [0, 0.05) is 0 Å². The van der Waals surface area contributed by atoms with Crippen molar-refractivity contribution in [1.29, 1.82) is 0 Å². The van der Waals surface area contributed by atoms with Gasteiger partial charge in [0.05, 0.1) is 0 Å². The third-order valence-electron chi connectivity index (χ3n) is 6.57. The molecule has 4 aliphatic rings. The Morgan fingerprint density at radius 2 is 1.80 bits per heavy atom. The number of hydrogen-bond acceptors (Lipinski definition) is 1. The Morgan fingerprint density at radius 1 is 1.10 bits per heavy atom. The lowest BCUT2D eigenvalue weighted by molar-refractivity contribution is -0.0669. The maximum absolute atomic E-state index is 6.23. The Labute approximate surface area is 122 Å². The van der Waals surface area contributed by atoms with Crippen LogP contribution in [0.2, 0.25) is 0 Å². The Kier molecular flexibility index (Phi) is 2.64. The summed E-state index contributed by atoms with van der Waals surface area (Å²) in [6.45, 7) is 5.43. The quantitative estimate of drug-likeness (QED) is 0.859. The highest BCUT2D eigenvalue weighted by molar-refractivity contribution is 5.39. The van der Waals surface area contributed by atoms with Gasteiger partial charge in [-0.05, 0) is 92.7 Å². The normalized spacial score (nSPS) is 42.1. The molecule has 4 bridgehead atoms. The van der Waals surface area contributed by atoms with E-state index in [9.17, 15) is 0 Å². The molecule has 108 valence electrons. The Bertz CT molecular complexity index is 531. The van der Waals surface area contributed by atoms with Crippen LogP contribution in [0.3, 0.4) is 0 Å². The molecule has 0 aliphatic heterocycles. The van der Waals surface area contributed by atoms with Gasteiger partial charge in [-0.25, -0.2) is 0 Å². The van der Waals surface area contributed by atoms with Crippen LogP contribution in [-0.4, -0.2) is 6.54 Å². The van der Waals surface area contributed by atoms with Crippen LogP contribution in [-0.2, 0) is 5.41 Å². The standard InChI is InChI=1S/C19H27N/c1-13-3-4-17(14(2)5-13)19-9-15-6-16(10-19)8-18(7-15,11-19)12-20/h3-5,15-16H,6-12,20H2,1-2H3. The van der Waals surface area contributed by atoms with Gasteiger partial charge in [0.2, 0.25) is 0 Å². The van der Waals surface area contributed by atoms with E-state index >= 15 is 0 Å². The lowest BCUT2D eigenvalue weighted by Gasteiger charge is -2.62. The van der Waals surface area contributed by atoms with E-state index < -0.39 is 0 Å². The second-order valence-corrected chi connectivity index (χ2v) is 8.26. The molecule has 0 heterocycles. The predicted molar refractivity (Wildman–Crippen MR) is 83.8 cm³/mol. The molecule has 20 heavy (non-hydrogen) atoms. The van der Waals surface area contributed by atoms with Gasteiger partial charge in [-0.3, -0.25) is 0 Å². The van der Waals surface area contributed by atoms with E-state index in [1.807, 2.05) is 0 Å². The highest BCUT2D eigenvalue weighted by Crippen LogP contribution is 2.65. The number of hydrogen-bond donors (Lipinski definition) is 1. The molecule has 0 amide bonds. The average molecular weight is 269 g/mol. The van der Waals surface area contributed by atoms with Gasteiger partial charge in [-0.15, -0.1) is 0 Å². The summed E-state index contributed by atoms with van der Waals surface area (Å²) in [4.78, 5) is 0. The van der Waals surface area contributed by atoms with Crippen LogP contribution in [0.25, 0.3) is 0 Å². The minimum Gasteiger partial charge on any atom is -0.330 e. The van der Waals surface area contributed by atoms with E-state index in [0.29, 0.717) is 10.8 Å². The van der Waals surface area contributed by atoms with Crippen molar-refractivity contribution < 1.29 is 0 Å². The molecule has 1 aromatic carbocycles. The maximum atomic E-state index is 6.23. The largest absolute Gasteiger partial charge is 0.330 e. The molecule has 1 nitrogen and oxygen atoms in total. The van der Waals surface area contributed by atoms with Gasteiger partial charge >= 0.3 is 0 Å². The smallest absolute Gasteiger partial charge is 0.00200 e. The van der Waals surface area contributed by atoms with E-state index in [1.54, 1.807) is 5.56 Å². The van der Waals surface area contributed by atoms with Crippen LogP contribution in [0.15, 0.2) is 18.2 Å². The molecule has 4 fully saturated rings. The van der Waals surface area contributed by atoms with E-state index in [2.05, 4.69) is 32.0 Å². The van der Waals surface area contributed by atoms with Crippen molar-refractivity contribution in [3.63, 3.8) is 0 Å². The fourth-order valence-corrected chi connectivity index (χ4v) is 6.41. The first kappa shape index (κ1) is 12.9. The second kappa shape index (κ2) is 4.10. The van der Waals surface area contributed by atoms with E-state index in [4.69, 9.17) is 5.73 Å². The topological polar surface area (TPSA) is 26.0 Å². The van der Waals surface area contributed by atoms with Crippen LogP contribution < -0.4 is 5.73 Å². The highest BCUT2D eigenvalue weighted by atomic mass is 14.7. The number of rotatable bonds is 2. The van der Waals surface area contributed by atoms with Crippen LogP contribution in [0.5, 0.6) is 0 Å². The van der Waals surface area contributed by atoms with Crippen molar-refractivity contribution in [2.45, 2.75) is 57.8 Å². The summed E-state index contributed by atoms with van der Waals surface area (Å²) in [6, 6.07) is 7.13. The van der Waals surface area contributed by atoms with Crippen LogP contribution in [0.4, 0.5) is 0 Å². The number of nitrogens with two attached hydrogens (primary N) is 1. The maximum Gasteiger partial charge on any atom is -0.00200 e. The molecule has 1 heteroatoms. The summed E-state index contributed by atoms with van der Waals surface area (Å²) >= 11 is 0. The molecule has 2 unspecified atom stereocenters. The molecule has 2 N–H and O–H groups in total. The van der Waals surface area contributed by atoms with Gasteiger partial charge in [0.1, 0.15) is 0 Å². The average Bonchev–Trinajstić information content (AvgIpc) is 2.36. The van der Waals surface area contributed by atoms with Crippen molar-refractivity contribution in [3.8, 4) is 0 Å². The summed E-state index contributed by atoms with van der Waals surface area (Å²) in [5.41, 5.74) is 11.7. The molecule has 0 saturated heterocycles. The molecule has 1 aromatic rings. The SMILES string of the molecule is Cc1ccc(C23CC4CC(CC(CN)(C4)C2)C3)c(C)c1. The first-order chi connectivity index (χ1) is 9.54. The number of aryl methyl sites for hydroxylation is 2. The third kappa shape index (κ3) is 1.72. The first-order valence-electron chi connectivity index (χ1n) is 8.32. The zero-order chi connectivity index (χ0) is 14.0. The zero-order valence-electron chi connectivity index (χ0n) is 12.9. The van der Waals surface area contributed by atoms with Gasteiger partial charge < -0.3 is 5.73 Å². The molecule has 0 aromatic heterocycles. The van der Waals surface area contributed by atoms with Crippen molar-refractivity contribution in [1.82, 2.24) is 0 Å². The monoisotopic (exact) mass is 269 g/mol. The third-order valence-corrected chi connectivity index (χ3v) is 6.57. The van der Waals surface area contributed by atoms with Crippen LogP contribution in [0, 0.1) is 31.1 Å². The van der Waals surface area contributed by atoms with Crippen molar-refractivity contribution in [2.24, 2.45) is 23.0 Å². The van der Waals surface area contributed by atoms with Crippen molar-refractivity contribution in [2.75, 3.05) is 6.54 Å². The number of benzene rings is 1. The van der Waals surface area contributed by atoms with Crippen molar-refractivity contribution in [3.05, 3.63) is 34.9 Å². The molecular weight excluding hydrogens is 242 g/mol. The molecule has 2 atom stereocenters. The molecule has 5 rings (SSSR count). The van der Waals surface area contributed by atoms with E-state index in [-0.39, 0.29) is 0 Å². The van der Waals surface area contributed by atoms with Gasteiger partial charge in [0.15, 0.2) is 0 Å². The molecule has 4 saturated carbocycles. The minimum absolute atomic E-state index is 0.460. The van der Waals surface area contributed by atoms with Crippen LogP contribution >= 0.6 is 0 Å². The summed E-state index contributed by atoms with van der Waals surface area (Å²) in [7, 11) is 0. The lowest BCUT2D eigenvalue weighted by atomic mass is 9.42. The molecule has 0 spiro atoms. The van der Waals surface area contributed by atoms with Gasteiger partial charge in [-0.2, -0.15) is 0 Å². The molecule has 4 aliphatic carbocycles. The lowest BCUT2D eigenvalue weighted by Crippen LogP contribution is -2.56. The van der Waals surface area contributed by atoms with Crippen LogP contribution in [0.1, 0.15) is 55.2 Å². The Morgan fingerprint density at radius 3 is 2.40 bits per heavy atom. The fourth-order valence-electron chi connectivity index (χ4n) is 6.41. The predicted octanol–water partition coefficient (Wildman–Crippen LogP) is 4.10. The van der Waals surface area contributed by atoms with E-state index in [1.165, 1.54) is 49.7 Å². The summed E-state index contributed by atoms with van der Waals surface area (Å²) in [5, 5.41) is 0. The Hall–Kier alpha value is -0.820. The highest BCUT2D eigenvalue weighted by Gasteiger charge is 2.57. The Balaban J connectivity index is 1.80. The molecule has 0 radical (unpaired) electrons. The minimum atomic E-state index is 0.460. The second-order valence-electron chi connectivity index (χ2n) is 8.26. The fraction of sp³-hybridized carbons (Fsp3) is 0.684. The van der Waals surface area contributed by atoms with Gasteiger partial charge in [-0.1, -0.05) is 23.8 Å². The first-order valence-corrected chi connectivity index (χ1v) is 8.32.